The summed E-state index contributed by atoms with van der Waals surface area (Å²) in [5.41, 5.74) is 0. The molecule has 7 nitrogen and oxygen atoms in total. The Kier molecular flexibility index (Phi) is 8.15. The lowest BCUT2D eigenvalue weighted by atomic mass is 9.89. The molecule has 2 N–H and O–H groups in total. The van der Waals surface area contributed by atoms with Gasteiger partial charge in [-0.25, -0.2) is 0 Å². The van der Waals surface area contributed by atoms with Gasteiger partial charge in [-0.05, 0) is 26.2 Å². The molecule has 0 aromatic rings. The van der Waals surface area contributed by atoms with E-state index in [-0.39, 0.29) is 60.7 Å². The van der Waals surface area contributed by atoms with Gasteiger partial charge in [-0.3, -0.25) is 14.4 Å². The first-order valence-corrected chi connectivity index (χ1v) is 8.25. The summed E-state index contributed by atoms with van der Waals surface area (Å²) in [6, 6.07) is -0.354. The molecule has 134 valence electrons. The summed E-state index contributed by atoms with van der Waals surface area (Å²) in [5, 5.41) is 5.45. The van der Waals surface area contributed by atoms with Crippen molar-refractivity contribution in [2.45, 2.75) is 52.5 Å². The van der Waals surface area contributed by atoms with Crippen LogP contribution >= 0.6 is 0 Å². The van der Waals surface area contributed by atoms with Crippen LogP contribution in [0, 0.1) is 11.8 Å². The lowest BCUT2D eigenvalue weighted by Crippen LogP contribution is -2.42. The van der Waals surface area contributed by atoms with Crippen LogP contribution in [-0.2, 0) is 23.9 Å². The molecule has 1 rings (SSSR count). The maximum Gasteiger partial charge on any atom is 0.306 e. The van der Waals surface area contributed by atoms with Gasteiger partial charge in [0.05, 0.1) is 18.9 Å². The van der Waals surface area contributed by atoms with Gasteiger partial charge in [0, 0.05) is 25.1 Å². The quantitative estimate of drug-likeness (QED) is 0.580. The molecule has 0 fully saturated rings. The fourth-order valence-electron chi connectivity index (χ4n) is 2.53. The van der Waals surface area contributed by atoms with Crippen molar-refractivity contribution in [2.75, 3.05) is 6.61 Å². The fourth-order valence-corrected chi connectivity index (χ4v) is 2.53. The summed E-state index contributed by atoms with van der Waals surface area (Å²) in [6.45, 7) is 5.30. The molecule has 0 bridgehead atoms. The van der Waals surface area contributed by atoms with E-state index in [2.05, 4.69) is 10.6 Å². The van der Waals surface area contributed by atoms with Crippen molar-refractivity contribution in [3.05, 3.63) is 12.3 Å². The van der Waals surface area contributed by atoms with Gasteiger partial charge in [0.2, 0.25) is 11.8 Å². The fraction of sp³-hybridized carbons (Fsp3) is 0.647. The number of nitrogens with one attached hydrogen (secondary N) is 2. The third-order valence-corrected chi connectivity index (χ3v) is 3.93. The molecule has 1 unspecified atom stereocenters. The van der Waals surface area contributed by atoms with E-state index in [1.165, 1.54) is 6.92 Å². The number of ketones is 1. The minimum atomic E-state index is -0.354. The Hall–Kier alpha value is -2.18. The Morgan fingerprint density at radius 2 is 2.04 bits per heavy atom. The second kappa shape index (κ2) is 9.85. The Bertz CT molecular complexity index is 515. The SMILES string of the molecule is CCOC(=O)CC(C)[C@H](C[C@@H]1C=CNC1=O)NC(=O)CCC(C)=O. The Balaban J connectivity index is 2.68. The van der Waals surface area contributed by atoms with Gasteiger partial charge in [-0.2, -0.15) is 0 Å². The number of carbonyl (C=O) groups excluding carboxylic acids is 4. The minimum Gasteiger partial charge on any atom is -0.466 e. The molecular weight excluding hydrogens is 312 g/mol. The van der Waals surface area contributed by atoms with E-state index in [1.54, 1.807) is 19.2 Å². The van der Waals surface area contributed by atoms with Crippen LogP contribution < -0.4 is 10.6 Å². The molecule has 0 radical (unpaired) electrons. The number of rotatable bonds is 10. The molecule has 0 aromatic carbocycles. The van der Waals surface area contributed by atoms with Crippen LogP contribution in [0.15, 0.2) is 12.3 Å². The van der Waals surface area contributed by atoms with E-state index in [9.17, 15) is 19.2 Å². The highest BCUT2D eigenvalue weighted by atomic mass is 16.5. The highest BCUT2D eigenvalue weighted by Crippen LogP contribution is 2.20. The number of hydrogen-bond donors (Lipinski definition) is 2. The lowest BCUT2D eigenvalue weighted by molar-refractivity contribution is -0.144. The summed E-state index contributed by atoms with van der Waals surface area (Å²) in [7, 11) is 0. The van der Waals surface area contributed by atoms with Gasteiger partial charge in [0.1, 0.15) is 5.78 Å². The zero-order valence-electron chi connectivity index (χ0n) is 14.5. The summed E-state index contributed by atoms with van der Waals surface area (Å²) in [5.74, 6) is -1.30. The molecule has 0 saturated heterocycles. The smallest absolute Gasteiger partial charge is 0.306 e. The largest absolute Gasteiger partial charge is 0.466 e. The van der Waals surface area contributed by atoms with Crippen molar-refractivity contribution in [3.8, 4) is 0 Å². The van der Waals surface area contributed by atoms with Crippen molar-refractivity contribution in [1.82, 2.24) is 10.6 Å². The van der Waals surface area contributed by atoms with Crippen molar-refractivity contribution in [2.24, 2.45) is 11.8 Å². The van der Waals surface area contributed by atoms with Gasteiger partial charge in [0.15, 0.2) is 0 Å². The van der Waals surface area contributed by atoms with Crippen molar-refractivity contribution >= 4 is 23.6 Å². The van der Waals surface area contributed by atoms with Crippen molar-refractivity contribution in [1.29, 1.82) is 0 Å². The number of hydrogen-bond acceptors (Lipinski definition) is 5. The van der Waals surface area contributed by atoms with Crippen LogP contribution in [0.5, 0.6) is 0 Å². The number of carbonyl (C=O) groups is 4. The highest BCUT2D eigenvalue weighted by Gasteiger charge is 2.29. The number of ether oxygens (including phenoxy) is 1. The average Bonchev–Trinajstić information content (AvgIpc) is 2.90. The van der Waals surface area contributed by atoms with Gasteiger partial charge in [0.25, 0.3) is 0 Å². The van der Waals surface area contributed by atoms with E-state index >= 15 is 0 Å². The Morgan fingerprint density at radius 3 is 2.58 bits per heavy atom. The van der Waals surface area contributed by atoms with E-state index in [4.69, 9.17) is 4.74 Å². The number of Topliss-reactive ketones (excluding diaryl/α,β-unsaturated/α-hetero) is 1. The highest BCUT2D eigenvalue weighted by molar-refractivity contribution is 5.85. The molecule has 0 aliphatic carbocycles. The van der Waals surface area contributed by atoms with E-state index < -0.39 is 0 Å². The Labute approximate surface area is 142 Å². The zero-order valence-corrected chi connectivity index (χ0v) is 14.5. The summed E-state index contributed by atoms with van der Waals surface area (Å²) < 4.78 is 4.95. The molecule has 1 heterocycles. The first-order chi connectivity index (χ1) is 11.3. The minimum absolute atomic E-state index is 0.0561. The van der Waals surface area contributed by atoms with Gasteiger partial charge < -0.3 is 20.2 Å². The first kappa shape index (κ1) is 19.9. The van der Waals surface area contributed by atoms with Crippen LogP contribution in [0.25, 0.3) is 0 Å². The summed E-state index contributed by atoms with van der Waals surface area (Å²) >= 11 is 0. The average molecular weight is 338 g/mol. The Morgan fingerprint density at radius 1 is 1.33 bits per heavy atom. The number of esters is 1. The molecule has 1 aliphatic heterocycles. The molecule has 0 aromatic heterocycles. The predicted octanol–water partition coefficient (Wildman–Crippen LogP) is 1.08. The zero-order chi connectivity index (χ0) is 18.1. The van der Waals surface area contributed by atoms with Crippen LogP contribution in [0.2, 0.25) is 0 Å². The number of amides is 2. The van der Waals surface area contributed by atoms with Gasteiger partial charge in [-0.15, -0.1) is 0 Å². The molecule has 2 amide bonds. The third kappa shape index (κ3) is 6.93. The summed E-state index contributed by atoms with van der Waals surface area (Å²) in [4.78, 5) is 46.5. The molecule has 1 aliphatic rings. The second-order valence-corrected chi connectivity index (χ2v) is 6.07. The normalized spacial score (nSPS) is 18.6. The maximum absolute atomic E-state index is 12.0. The lowest BCUT2D eigenvalue weighted by Gasteiger charge is -2.26. The molecule has 3 atom stereocenters. The summed E-state index contributed by atoms with van der Waals surface area (Å²) in [6.07, 6.45) is 4.16. The monoisotopic (exact) mass is 338 g/mol. The van der Waals surface area contributed by atoms with E-state index in [0.29, 0.717) is 13.0 Å². The van der Waals surface area contributed by atoms with Crippen LogP contribution in [-0.4, -0.2) is 36.2 Å². The third-order valence-electron chi connectivity index (χ3n) is 3.93. The maximum atomic E-state index is 12.0. The molecule has 7 heteroatoms. The van der Waals surface area contributed by atoms with Crippen LogP contribution in [0.3, 0.4) is 0 Å². The van der Waals surface area contributed by atoms with Crippen molar-refractivity contribution < 1.29 is 23.9 Å². The molecular formula is C17H26N2O5. The molecule has 0 saturated carbocycles. The van der Waals surface area contributed by atoms with E-state index in [1.807, 2.05) is 6.92 Å². The van der Waals surface area contributed by atoms with Crippen LogP contribution in [0.4, 0.5) is 0 Å². The topological polar surface area (TPSA) is 102 Å². The van der Waals surface area contributed by atoms with Gasteiger partial charge >= 0.3 is 5.97 Å². The second-order valence-electron chi connectivity index (χ2n) is 6.07. The van der Waals surface area contributed by atoms with Crippen molar-refractivity contribution in [3.63, 3.8) is 0 Å². The predicted molar refractivity (Wildman–Crippen MR) is 87.6 cm³/mol. The van der Waals surface area contributed by atoms with Gasteiger partial charge in [-0.1, -0.05) is 13.0 Å². The molecule has 0 spiro atoms. The van der Waals surface area contributed by atoms with E-state index in [0.717, 1.165) is 0 Å². The molecule has 24 heavy (non-hydrogen) atoms. The van der Waals surface area contributed by atoms with Crippen LogP contribution in [0.1, 0.15) is 46.5 Å². The first-order valence-electron chi connectivity index (χ1n) is 8.25. The standard InChI is InChI=1S/C17H26N2O5/c1-4-24-16(22)9-11(2)14(10-13-7-8-18-17(13)23)19-15(21)6-5-12(3)20/h7-8,11,13-14H,4-6,9-10H2,1-3H3,(H,18,23)(H,19,21)/t11?,13-,14-/m0/s1.